The van der Waals surface area contributed by atoms with E-state index < -0.39 is 10.0 Å². The monoisotopic (exact) mass is 296 g/mol. The molecule has 0 unspecified atom stereocenters. The molecule has 0 radical (unpaired) electrons. The summed E-state index contributed by atoms with van der Waals surface area (Å²) in [6.07, 6.45) is 2.30. The van der Waals surface area contributed by atoms with Gasteiger partial charge in [0, 0.05) is 26.2 Å². The second kappa shape index (κ2) is 6.24. The highest BCUT2D eigenvalue weighted by Gasteiger charge is 2.29. The highest BCUT2D eigenvalue weighted by Crippen LogP contribution is 2.31. The number of nitrogens with zero attached hydrogens (tertiary/aromatic N) is 1. The summed E-state index contributed by atoms with van der Waals surface area (Å²) < 4.78 is 26.5. The second-order valence-corrected chi connectivity index (χ2v) is 7.96. The Kier molecular flexibility index (Phi) is 4.83. The molecule has 2 rings (SSSR count). The van der Waals surface area contributed by atoms with Gasteiger partial charge < -0.3 is 5.32 Å². The largest absolute Gasteiger partial charge is 0.310 e. The quantitative estimate of drug-likeness (QED) is 0.839. The minimum Gasteiger partial charge on any atom is -0.310 e. The lowest BCUT2D eigenvalue weighted by Crippen LogP contribution is -2.29. The minimum absolute atomic E-state index is 0.382. The Labute approximate surface area is 122 Å². The van der Waals surface area contributed by atoms with Crippen LogP contribution in [0.3, 0.4) is 0 Å². The molecule has 1 N–H and O–H groups in total. The van der Waals surface area contributed by atoms with Gasteiger partial charge in [0.15, 0.2) is 0 Å². The molecule has 0 atom stereocenters. The lowest BCUT2D eigenvalue weighted by atomic mass is 10.2. The van der Waals surface area contributed by atoms with Gasteiger partial charge in [0.1, 0.15) is 0 Å². The highest BCUT2D eigenvalue weighted by molar-refractivity contribution is 7.89. The molecule has 0 aromatic heterocycles. The van der Waals surface area contributed by atoms with Crippen molar-refractivity contribution in [2.45, 2.75) is 44.2 Å². The Morgan fingerprint density at radius 2 is 2.05 bits per heavy atom. The fraction of sp³-hybridized carbons (Fsp3) is 0.600. The third-order valence-electron chi connectivity index (χ3n) is 3.53. The maximum atomic E-state index is 12.5. The summed E-state index contributed by atoms with van der Waals surface area (Å²) in [5.41, 5.74) is 1.000. The van der Waals surface area contributed by atoms with Crippen LogP contribution < -0.4 is 5.32 Å². The summed E-state index contributed by atoms with van der Waals surface area (Å²) in [5.74, 6) is 0.556. The van der Waals surface area contributed by atoms with E-state index in [0.29, 0.717) is 29.9 Å². The van der Waals surface area contributed by atoms with Gasteiger partial charge in [-0.25, -0.2) is 12.7 Å². The van der Waals surface area contributed by atoms with Crippen molar-refractivity contribution in [1.29, 1.82) is 0 Å². The first kappa shape index (κ1) is 15.5. The van der Waals surface area contributed by atoms with Gasteiger partial charge in [-0.3, -0.25) is 0 Å². The fourth-order valence-corrected chi connectivity index (χ4v) is 3.40. The van der Waals surface area contributed by atoms with Gasteiger partial charge in [-0.2, -0.15) is 0 Å². The maximum Gasteiger partial charge on any atom is 0.242 e. The van der Waals surface area contributed by atoms with Crippen molar-refractivity contribution in [1.82, 2.24) is 9.62 Å². The van der Waals surface area contributed by atoms with Crippen molar-refractivity contribution in [3.63, 3.8) is 0 Å². The normalized spacial score (nSPS) is 16.1. The molecule has 1 aliphatic carbocycles. The Morgan fingerprint density at radius 1 is 1.35 bits per heavy atom. The molecule has 4 nitrogen and oxygen atoms in total. The van der Waals surface area contributed by atoms with Crippen LogP contribution in [0.25, 0.3) is 0 Å². The van der Waals surface area contributed by atoms with E-state index in [0.717, 1.165) is 18.4 Å². The Hall–Kier alpha value is -0.910. The molecule has 1 aromatic rings. The lowest BCUT2D eigenvalue weighted by Gasteiger charge is -2.17. The summed E-state index contributed by atoms with van der Waals surface area (Å²) in [6, 6.07) is 7.60. The molecule has 0 aliphatic heterocycles. The molecule has 112 valence electrons. The van der Waals surface area contributed by atoms with Crippen molar-refractivity contribution >= 4 is 10.0 Å². The zero-order valence-corrected chi connectivity index (χ0v) is 13.3. The first-order valence-electron chi connectivity index (χ1n) is 7.18. The van der Waals surface area contributed by atoms with E-state index in [2.05, 4.69) is 19.2 Å². The summed E-state index contributed by atoms with van der Waals surface area (Å²) >= 11 is 0. The molecule has 1 fully saturated rings. The van der Waals surface area contributed by atoms with Gasteiger partial charge in [0.25, 0.3) is 0 Å². The van der Waals surface area contributed by atoms with E-state index in [1.807, 2.05) is 12.1 Å². The summed E-state index contributed by atoms with van der Waals surface area (Å²) in [5, 5.41) is 3.30. The summed E-state index contributed by atoms with van der Waals surface area (Å²) in [4.78, 5) is 0.392. The van der Waals surface area contributed by atoms with Crippen molar-refractivity contribution in [3.05, 3.63) is 29.8 Å². The standard InChI is InChI=1S/C15H24N2O2S/c1-12(2)16-10-14-5-4-6-15(9-14)20(18,19)17(3)11-13-7-8-13/h4-6,9,12-13,16H,7-8,10-11H2,1-3H3. The zero-order chi connectivity index (χ0) is 14.8. The summed E-state index contributed by atoms with van der Waals surface area (Å²) in [6.45, 7) is 5.47. The van der Waals surface area contributed by atoms with Crippen LogP contribution in [0.4, 0.5) is 0 Å². The molecule has 1 saturated carbocycles. The van der Waals surface area contributed by atoms with Crippen molar-refractivity contribution in [3.8, 4) is 0 Å². The Bertz CT molecular complexity index is 551. The van der Waals surface area contributed by atoms with Crippen LogP contribution in [-0.2, 0) is 16.6 Å². The van der Waals surface area contributed by atoms with Crippen LogP contribution in [-0.4, -0.2) is 32.4 Å². The highest BCUT2D eigenvalue weighted by atomic mass is 32.2. The average Bonchev–Trinajstić information content (AvgIpc) is 3.20. The average molecular weight is 296 g/mol. The number of benzene rings is 1. The smallest absolute Gasteiger partial charge is 0.242 e. The molecule has 0 spiro atoms. The van der Waals surface area contributed by atoms with E-state index in [1.54, 1.807) is 19.2 Å². The molecule has 5 heteroatoms. The SMILES string of the molecule is CC(C)NCc1cccc(S(=O)(=O)N(C)CC2CC2)c1. The third kappa shape index (κ3) is 4.04. The Morgan fingerprint density at radius 3 is 2.65 bits per heavy atom. The zero-order valence-electron chi connectivity index (χ0n) is 12.5. The van der Waals surface area contributed by atoms with Crippen LogP contribution in [0, 0.1) is 5.92 Å². The van der Waals surface area contributed by atoms with Gasteiger partial charge in [0.2, 0.25) is 10.0 Å². The van der Waals surface area contributed by atoms with Gasteiger partial charge in [-0.05, 0) is 36.5 Å². The predicted molar refractivity (Wildman–Crippen MR) is 81.0 cm³/mol. The van der Waals surface area contributed by atoms with Crippen LogP contribution in [0.2, 0.25) is 0 Å². The molecule has 20 heavy (non-hydrogen) atoms. The molecule has 1 aliphatic rings. The maximum absolute atomic E-state index is 12.5. The van der Waals surface area contributed by atoms with Crippen molar-refractivity contribution < 1.29 is 8.42 Å². The van der Waals surface area contributed by atoms with E-state index in [4.69, 9.17) is 0 Å². The van der Waals surface area contributed by atoms with E-state index in [-0.39, 0.29) is 0 Å². The van der Waals surface area contributed by atoms with E-state index in [1.165, 1.54) is 4.31 Å². The van der Waals surface area contributed by atoms with E-state index in [9.17, 15) is 8.42 Å². The predicted octanol–water partition coefficient (Wildman–Crippen LogP) is 2.22. The van der Waals surface area contributed by atoms with Gasteiger partial charge in [0.05, 0.1) is 4.90 Å². The second-order valence-electron chi connectivity index (χ2n) is 5.91. The first-order valence-corrected chi connectivity index (χ1v) is 8.62. The lowest BCUT2D eigenvalue weighted by molar-refractivity contribution is 0.452. The molecular weight excluding hydrogens is 272 g/mol. The number of nitrogens with one attached hydrogen (secondary N) is 1. The van der Waals surface area contributed by atoms with Crippen LogP contribution in [0.15, 0.2) is 29.2 Å². The van der Waals surface area contributed by atoms with Crippen molar-refractivity contribution in [2.75, 3.05) is 13.6 Å². The van der Waals surface area contributed by atoms with Crippen molar-refractivity contribution in [2.24, 2.45) is 5.92 Å². The van der Waals surface area contributed by atoms with Crippen LogP contribution in [0.1, 0.15) is 32.3 Å². The number of hydrogen-bond donors (Lipinski definition) is 1. The number of rotatable bonds is 7. The third-order valence-corrected chi connectivity index (χ3v) is 5.35. The van der Waals surface area contributed by atoms with Gasteiger partial charge in [-0.1, -0.05) is 26.0 Å². The molecule has 0 heterocycles. The molecular formula is C15H24N2O2S. The van der Waals surface area contributed by atoms with Crippen LogP contribution in [0.5, 0.6) is 0 Å². The summed E-state index contributed by atoms with van der Waals surface area (Å²) in [7, 11) is -1.68. The minimum atomic E-state index is -3.35. The van der Waals surface area contributed by atoms with Gasteiger partial charge >= 0.3 is 0 Å². The number of hydrogen-bond acceptors (Lipinski definition) is 3. The van der Waals surface area contributed by atoms with Gasteiger partial charge in [-0.15, -0.1) is 0 Å². The fourth-order valence-electron chi connectivity index (χ4n) is 2.08. The Balaban J connectivity index is 2.11. The van der Waals surface area contributed by atoms with E-state index >= 15 is 0 Å². The molecule has 1 aromatic carbocycles. The molecule has 0 bridgehead atoms. The first-order chi connectivity index (χ1) is 9.39. The van der Waals surface area contributed by atoms with Crippen LogP contribution >= 0.6 is 0 Å². The molecule has 0 amide bonds. The molecule has 0 saturated heterocycles. The number of sulfonamides is 1. The topological polar surface area (TPSA) is 49.4 Å².